The first-order valence-corrected chi connectivity index (χ1v) is 3.85. The van der Waals surface area contributed by atoms with Gasteiger partial charge in [-0.05, 0) is 6.92 Å². The van der Waals surface area contributed by atoms with Crippen LogP contribution < -0.4 is 5.32 Å². The van der Waals surface area contributed by atoms with Crippen LogP contribution in [-0.2, 0) is 14.2 Å². The van der Waals surface area contributed by atoms with E-state index in [1.54, 1.807) is 33.7 Å². The third kappa shape index (κ3) is 1.49. The SMILES string of the molecule is [CH2]C1(OC)C(OC)=CNC=C1OC. The maximum Gasteiger partial charge on any atom is 0.184 e. The van der Waals surface area contributed by atoms with E-state index < -0.39 is 5.60 Å². The lowest BCUT2D eigenvalue weighted by atomic mass is 10.0. The third-order valence-corrected chi connectivity index (χ3v) is 2.01. The van der Waals surface area contributed by atoms with Gasteiger partial charge in [0.05, 0.1) is 14.2 Å². The van der Waals surface area contributed by atoms with Crippen molar-refractivity contribution in [2.45, 2.75) is 5.60 Å². The van der Waals surface area contributed by atoms with Gasteiger partial charge in [-0.25, -0.2) is 0 Å². The molecule has 1 rings (SSSR count). The van der Waals surface area contributed by atoms with Crippen molar-refractivity contribution >= 4 is 0 Å². The van der Waals surface area contributed by atoms with E-state index in [-0.39, 0.29) is 0 Å². The Bertz CT molecular complexity index is 225. The molecule has 0 saturated carbocycles. The predicted octanol–water partition coefficient (Wildman–Crippen LogP) is 0.784. The topological polar surface area (TPSA) is 39.7 Å². The molecule has 1 aliphatic rings. The quantitative estimate of drug-likeness (QED) is 0.703. The van der Waals surface area contributed by atoms with Crippen LogP contribution in [0.4, 0.5) is 0 Å². The highest BCUT2D eigenvalue weighted by atomic mass is 16.6. The highest BCUT2D eigenvalue weighted by molar-refractivity contribution is 5.31. The summed E-state index contributed by atoms with van der Waals surface area (Å²) in [6.07, 6.45) is 3.36. The van der Waals surface area contributed by atoms with Crippen molar-refractivity contribution in [2.75, 3.05) is 21.3 Å². The molecule has 0 aromatic rings. The van der Waals surface area contributed by atoms with Crippen molar-refractivity contribution in [2.24, 2.45) is 0 Å². The second-order valence-corrected chi connectivity index (χ2v) is 2.62. The van der Waals surface area contributed by atoms with Crippen LogP contribution in [0.15, 0.2) is 23.9 Å². The van der Waals surface area contributed by atoms with Gasteiger partial charge >= 0.3 is 0 Å². The first-order chi connectivity index (χ1) is 6.19. The lowest BCUT2D eigenvalue weighted by molar-refractivity contribution is 0.00155. The average molecular weight is 184 g/mol. The molecule has 4 heteroatoms. The summed E-state index contributed by atoms with van der Waals surface area (Å²) < 4.78 is 15.5. The Morgan fingerprint density at radius 3 is 1.92 bits per heavy atom. The number of nitrogens with one attached hydrogen (secondary N) is 1. The maximum atomic E-state index is 5.25. The van der Waals surface area contributed by atoms with Crippen LogP contribution >= 0.6 is 0 Å². The normalized spacial score (nSPS) is 19.7. The minimum absolute atomic E-state index is 0.578. The minimum Gasteiger partial charge on any atom is -0.496 e. The molecule has 0 aromatic carbocycles. The highest BCUT2D eigenvalue weighted by Crippen LogP contribution is 2.30. The van der Waals surface area contributed by atoms with E-state index in [1.807, 2.05) is 0 Å². The molecule has 1 heterocycles. The summed E-state index contributed by atoms with van der Waals surface area (Å²) in [7, 11) is 4.67. The van der Waals surface area contributed by atoms with Crippen molar-refractivity contribution in [3.8, 4) is 0 Å². The fourth-order valence-corrected chi connectivity index (χ4v) is 1.20. The van der Waals surface area contributed by atoms with Crippen LogP contribution in [0, 0.1) is 6.92 Å². The van der Waals surface area contributed by atoms with Crippen molar-refractivity contribution in [1.82, 2.24) is 5.32 Å². The smallest absolute Gasteiger partial charge is 0.184 e. The minimum atomic E-state index is -0.880. The Kier molecular flexibility index (Phi) is 2.83. The number of hydrogen-bond acceptors (Lipinski definition) is 4. The zero-order valence-corrected chi connectivity index (χ0v) is 8.09. The van der Waals surface area contributed by atoms with Gasteiger partial charge in [-0.2, -0.15) is 0 Å². The van der Waals surface area contributed by atoms with E-state index >= 15 is 0 Å². The molecule has 4 nitrogen and oxygen atoms in total. The van der Waals surface area contributed by atoms with Gasteiger partial charge < -0.3 is 19.5 Å². The van der Waals surface area contributed by atoms with Crippen molar-refractivity contribution in [3.63, 3.8) is 0 Å². The van der Waals surface area contributed by atoms with E-state index in [1.165, 1.54) is 0 Å². The molecule has 0 atom stereocenters. The van der Waals surface area contributed by atoms with Crippen LogP contribution in [0.1, 0.15) is 0 Å². The zero-order valence-electron chi connectivity index (χ0n) is 8.09. The van der Waals surface area contributed by atoms with Crippen molar-refractivity contribution in [1.29, 1.82) is 0 Å². The molecule has 0 saturated heterocycles. The molecule has 0 spiro atoms. The van der Waals surface area contributed by atoms with E-state index in [9.17, 15) is 0 Å². The predicted molar refractivity (Wildman–Crippen MR) is 48.4 cm³/mol. The molecular formula is C9H14NO3. The fraction of sp³-hybridized carbons (Fsp3) is 0.444. The number of hydrogen-bond donors (Lipinski definition) is 1. The molecule has 1 radical (unpaired) electrons. The standard InChI is InChI=1S/C9H14NO3/c1-9(13-4)7(11-2)5-10-6-8(9)12-3/h5-6,10H,1H2,2-4H3. The van der Waals surface area contributed by atoms with E-state index in [0.29, 0.717) is 11.5 Å². The molecule has 1 aliphatic heterocycles. The third-order valence-electron chi connectivity index (χ3n) is 2.01. The van der Waals surface area contributed by atoms with E-state index in [4.69, 9.17) is 14.2 Å². The number of dihydropyridines is 1. The molecular weight excluding hydrogens is 170 g/mol. The molecule has 0 aliphatic carbocycles. The molecule has 1 N–H and O–H groups in total. The van der Waals surface area contributed by atoms with Gasteiger partial charge in [0.25, 0.3) is 0 Å². The van der Waals surface area contributed by atoms with Gasteiger partial charge in [-0.3, -0.25) is 0 Å². The van der Waals surface area contributed by atoms with Crippen LogP contribution in [0.3, 0.4) is 0 Å². The van der Waals surface area contributed by atoms with Crippen LogP contribution in [0.2, 0.25) is 0 Å². The van der Waals surface area contributed by atoms with Crippen molar-refractivity contribution in [3.05, 3.63) is 30.8 Å². The molecule has 0 bridgehead atoms. The Balaban J connectivity index is 2.98. The maximum absolute atomic E-state index is 5.25. The first-order valence-electron chi connectivity index (χ1n) is 3.85. The molecule has 0 fully saturated rings. The van der Waals surface area contributed by atoms with Gasteiger partial charge in [0.15, 0.2) is 17.1 Å². The molecule has 0 aromatic heterocycles. The number of ether oxygens (including phenoxy) is 3. The fourth-order valence-electron chi connectivity index (χ4n) is 1.20. The Hall–Kier alpha value is -1.16. The van der Waals surface area contributed by atoms with Crippen molar-refractivity contribution < 1.29 is 14.2 Å². The molecule has 13 heavy (non-hydrogen) atoms. The summed E-state index contributed by atoms with van der Waals surface area (Å²) in [6.45, 7) is 3.90. The molecule has 73 valence electrons. The van der Waals surface area contributed by atoms with Gasteiger partial charge in [-0.15, -0.1) is 0 Å². The second-order valence-electron chi connectivity index (χ2n) is 2.62. The Morgan fingerprint density at radius 1 is 1.15 bits per heavy atom. The molecule has 0 unspecified atom stereocenters. The van der Waals surface area contributed by atoms with E-state index in [2.05, 4.69) is 12.2 Å². The zero-order chi connectivity index (χ0) is 9.90. The second kappa shape index (κ2) is 3.70. The first kappa shape index (κ1) is 9.92. The monoisotopic (exact) mass is 184 g/mol. The summed E-state index contributed by atoms with van der Waals surface area (Å²) in [5.41, 5.74) is -0.880. The number of rotatable bonds is 3. The van der Waals surface area contributed by atoms with Crippen LogP contribution in [0.25, 0.3) is 0 Å². The van der Waals surface area contributed by atoms with Crippen LogP contribution in [-0.4, -0.2) is 26.9 Å². The van der Waals surface area contributed by atoms with E-state index in [0.717, 1.165) is 0 Å². The summed E-state index contributed by atoms with van der Waals surface area (Å²) in [4.78, 5) is 0. The van der Waals surface area contributed by atoms with Gasteiger partial charge in [0.2, 0.25) is 0 Å². The summed E-state index contributed by atoms with van der Waals surface area (Å²) in [5.74, 6) is 1.16. The summed E-state index contributed by atoms with van der Waals surface area (Å²) in [5, 5.41) is 2.88. The van der Waals surface area contributed by atoms with Crippen LogP contribution in [0.5, 0.6) is 0 Å². The Morgan fingerprint density at radius 2 is 1.62 bits per heavy atom. The van der Waals surface area contributed by atoms with Gasteiger partial charge in [0, 0.05) is 19.5 Å². The Labute approximate surface area is 78.2 Å². The summed E-state index contributed by atoms with van der Waals surface area (Å²) in [6, 6.07) is 0. The van der Waals surface area contributed by atoms with Gasteiger partial charge in [0.1, 0.15) is 0 Å². The molecule has 0 amide bonds. The van der Waals surface area contributed by atoms with Gasteiger partial charge in [-0.1, -0.05) is 0 Å². The average Bonchev–Trinajstić information content (AvgIpc) is 2.18. The number of methoxy groups -OCH3 is 3. The highest BCUT2D eigenvalue weighted by Gasteiger charge is 2.38. The lowest BCUT2D eigenvalue weighted by Crippen LogP contribution is -2.38. The largest absolute Gasteiger partial charge is 0.496 e. The summed E-state index contributed by atoms with van der Waals surface area (Å²) >= 11 is 0. The lowest BCUT2D eigenvalue weighted by Gasteiger charge is -2.32.